The van der Waals surface area contributed by atoms with E-state index in [2.05, 4.69) is 19.9 Å². The number of fused-ring (bicyclic) bond motifs is 7. The van der Waals surface area contributed by atoms with E-state index in [0.29, 0.717) is 25.7 Å². The highest BCUT2D eigenvalue weighted by molar-refractivity contribution is 5.87. The number of carboxylic acid groups (broad SMARTS) is 1. The van der Waals surface area contributed by atoms with Crippen LogP contribution in [-0.2, 0) is 61.8 Å². The summed E-state index contributed by atoms with van der Waals surface area (Å²) in [6, 6.07) is 0. The van der Waals surface area contributed by atoms with Gasteiger partial charge in [-0.05, 0) is 98.7 Å². The fraction of sp³-hybridized carbons (Fsp3) is 0.883. The maximum absolute atomic E-state index is 13.1. The van der Waals surface area contributed by atoms with Crippen molar-refractivity contribution in [2.45, 2.75) is 262 Å². The van der Waals surface area contributed by atoms with Gasteiger partial charge in [-0.25, -0.2) is 9.59 Å². The Bertz CT molecular complexity index is 2560. The van der Waals surface area contributed by atoms with Gasteiger partial charge in [0.25, 0.3) is 0 Å². The van der Waals surface area contributed by atoms with Gasteiger partial charge in [0.1, 0.15) is 67.1 Å². The van der Waals surface area contributed by atoms with Crippen LogP contribution in [0.1, 0.15) is 115 Å². The number of carbonyl (C=O) groups excluding carboxylic acids is 2. The summed E-state index contributed by atoms with van der Waals surface area (Å²) in [6.45, 7) is 17.3. The number of carbonyl (C=O) groups is 3. The lowest BCUT2D eigenvalue weighted by molar-refractivity contribution is -0.386. The third-order valence-electron chi connectivity index (χ3n) is 22.8. The average molecular weight is 1250 g/mol. The first-order chi connectivity index (χ1) is 40.6. The second kappa shape index (κ2) is 24.8. The first kappa shape index (κ1) is 68.4. The molecule has 496 valence electrons. The standard InChI is InChI=1S/C60H94O27/c1-12-23(2)50(77)83-40-24(3)78-53(39(71)42(40)79-25(4)64)87-48-47(74)55(5,6)19-27-26-13-14-31-57(9)17-16-32(56(7,8)30(57)15-18-58(31,10)59(26,11)45(72)46(73)60(27,48)22-63)82-54-44(86-52-37(69)35(67)33(65)28(20-61)80-52)41(38(70)43(85-54)49(75)76)84-51-36(68)34(66)29(21-62)81-51/h12-13,24,27-48,51-54,61-63,65-74H,14-22H2,1-11H3,(H,75,76)/b23-12-/t24-,27?,28+,29+,30?,31?,32-,33-,34+,35-,36-,37+,38-,39-,40-,41-,42-,43-,44+,45+,46-,47-,48+,51+,52-,53+,54-,57-,58+,59-,60-/m0/s1. The molecule has 0 aromatic carbocycles. The molecule has 4 saturated carbocycles. The second-order valence-corrected chi connectivity index (χ2v) is 28.0. The summed E-state index contributed by atoms with van der Waals surface area (Å²) in [5.41, 5.74) is -5.19. The zero-order valence-electron chi connectivity index (χ0n) is 51.2. The molecule has 31 atom stereocenters. The van der Waals surface area contributed by atoms with Crippen LogP contribution < -0.4 is 0 Å². The Kier molecular flexibility index (Phi) is 19.5. The van der Waals surface area contributed by atoms with E-state index >= 15 is 0 Å². The Labute approximate surface area is 505 Å². The minimum Gasteiger partial charge on any atom is -0.479 e. The number of esters is 2. The van der Waals surface area contributed by atoms with Crippen molar-refractivity contribution in [1.29, 1.82) is 0 Å². The summed E-state index contributed by atoms with van der Waals surface area (Å²) in [4.78, 5) is 38.5. The Morgan fingerprint density at radius 2 is 1.21 bits per heavy atom. The molecule has 87 heavy (non-hydrogen) atoms. The van der Waals surface area contributed by atoms with E-state index in [1.807, 2.05) is 34.6 Å². The number of aliphatic carboxylic acids is 1. The van der Waals surface area contributed by atoms with Gasteiger partial charge in [0.05, 0.1) is 61.9 Å². The molecule has 9 aliphatic rings. The molecular formula is C60H94O27. The topological polar surface area (TPSA) is 427 Å². The maximum atomic E-state index is 13.1. The molecule has 4 heterocycles. The summed E-state index contributed by atoms with van der Waals surface area (Å²) in [7, 11) is 0. The van der Waals surface area contributed by atoms with E-state index in [9.17, 15) is 85.9 Å². The number of aliphatic hydroxyl groups is 13. The highest BCUT2D eigenvalue weighted by Crippen LogP contribution is 2.76. The van der Waals surface area contributed by atoms with Crippen LogP contribution in [0.5, 0.6) is 0 Å². The third kappa shape index (κ3) is 11.0. The molecule has 8 fully saturated rings. The van der Waals surface area contributed by atoms with Gasteiger partial charge >= 0.3 is 17.9 Å². The van der Waals surface area contributed by atoms with Crippen molar-refractivity contribution in [3.63, 3.8) is 0 Å². The van der Waals surface area contributed by atoms with Gasteiger partial charge in [-0.15, -0.1) is 0 Å². The van der Waals surface area contributed by atoms with Gasteiger partial charge in [-0.1, -0.05) is 66.2 Å². The van der Waals surface area contributed by atoms with Gasteiger partial charge in [-0.2, -0.15) is 0 Å². The molecule has 0 radical (unpaired) electrons. The molecule has 0 bridgehead atoms. The van der Waals surface area contributed by atoms with Gasteiger partial charge in [0, 0.05) is 17.9 Å². The Balaban J connectivity index is 1.02. The van der Waals surface area contributed by atoms with Crippen LogP contribution in [0.3, 0.4) is 0 Å². The predicted molar refractivity (Wildman–Crippen MR) is 294 cm³/mol. The smallest absolute Gasteiger partial charge is 0.335 e. The lowest BCUT2D eigenvalue weighted by Gasteiger charge is -2.73. The van der Waals surface area contributed by atoms with E-state index in [1.165, 1.54) is 19.9 Å². The molecule has 4 aliphatic heterocycles. The van der Waals surface area contributed by atoms with Gasteiger partial charge < -0.3 is 119 Å². The van der Waals surface area contributed by atoms with Gasteiger partial charge in [-0.3, -0.25) is 4.79 Å². The van der Waals surface area contributed by atoms with Crippen molar-refractivity contribution in [2.24, 2.45) is 50.2 Å². The summed E-state index contributed by atoms with van der Waals surface area (Å²) >= 11 is 0. The Morgan fingerprint density at radius 1 is 0.621 bits per heavy atom. The van der Waals surface area contributed by atoms with Crippen LogP contribution in [0.4, 0.5) is 0 Å². The van der Waals surface area contributed by atoms with Crippen molar-refractivity contribution in [3.05, 3.63) is 23.3 Å². The number of rotatable bonds is 15. The number of allylic oxidation sites excluding steroid dienone is 2. The zero-order chi connectivity index (χ0) is 64.3. The van der Waals surface area contributed by atoms with Crippen molar-refractivity contribution in [3.8, 4) is 0 Å². The minimum atomic E-state index is -2.15. The molecule has 3 unspecified atom stereocenters. The van der Waals surface area contributed by atoms with Crippen LogP contribution >= 0.6 is 0 Å². The fourth-order valence-electron chi connectivity index (χ4n) is 17.5. The molecular weight excluding hydrogens is 1150 g/mol. The molecule has 0 aromatic heterocycles. The largest absolute Gasteiger partial charge is 0.479 e. The maximum Gasteiger partial charge on any atom is 0.335 e. The molecule has 14 N–H and O–H groups in total. The first-order valence-corrected chi connectivity index (χ1v) is 30.4. The first-order valence-electron chi connectivity index (χ1n) is 30.4. The highest BCUT2D eigenvalue weighted by Gasteiger charge is 2.76. The predicted octanol–water partition coefficient (Wildman–Crippen LogP) is -1.83. The Hall–Kier alpha value is -2.95. The highest BCUT2D eigenvalue weighted by atomic mass is 16.8. The van der Waals surface area contributed by atoms with Crippen LogP contribution in [0.15, 0.2) is 23.3 Å². The van der Waals surface area contributed by atoms with Crippen molar-refractivity contribution in [2.75, 3.05) is 19.8 Å². The zero-order valence-corrected chi connectivity index (χ0v) is 51.2. The molecule has 9 rings (SSSR count). The third-order valence-corrected chi connectivity index (χ3v) is 22.8. The van der Waals surface area contributed by atoms with Crippen molar-refractivity contribution < 1.29 is 133 Å². The second-order valence-electron chi connectivity index (χ2n) is 28.0. The average Bonchev–Trinajstić information content (AvgIpc) is 0.895. The van der Waals surface area contributed by atoms with E-state index in [-0.39, 0.29) is 30.3 Å². The molecule has 0 spiro atoms. The lowest BCUT2D eigenvalue weighted by atomic mass is 9.32. The summed E-state index contributed by atoms with van der Waals surface area (Å²) in [6.07, 6.45) is -34.2. The molecule has 4 saturated heterocycles. The van der Waals surface area contributed by atoms with Gasteiger partial charge in [0.15, 0.2) is 43.5 Å². The Morgan fingerprint density at radius 3 is 1.78 bits per heavy atom. The van der Waals surface area contributed by atoms with E-state index in [0.717, 1.165) is 12.5 Å². The number of carboxylic acids is 1. The number of aliphatic hydroxyl groups excluding tert-OH is 13. The van der Waals surface area contributed by atoms with Crippen molar-refractivity contribution >= 4 is 17.9 Å². The van der Waals surface area contributed by atoms with Crippen LogP contribution in [0.2, 0.25) is 0 Å². The van der Waals surface area contributed by atoms with Crippen LogP contribution in [0, 0.1) is 50.2 Å². The molecule has 5 aliphatic carbocycles. The SMILES string of the molecule is C/C=C(/C)C(=O)O[C@@H]1[C@@H](OC(C)=O)[C@H](O)[C@@H](O[C@@H]2[C@H](O)C(C)(C)CC3C4=CCC5[C@@]6(C)CC[C@H](O[C@H]7O[C@H](C(=O)O)[C@@H](O)[C@H](O[C@H]8O[C@H](CO)[C@@H](O)[C@@H]8O)[C@H]7O[C@@H]7O[C@H](CO)[C@H](O)[C@H](O)[C@H]7O)C(C)(C)C6CC[C@@]5(C)[C@]4(C)[C@H](O)[C@H](O)[C@]32CO)O[C@H]1C. The number of ether oxygens (including phenoxy) is 10. The minimum absolute atomic E-state index is 0.195. The molecule has 27 nitrogen and oxygen atoms in total. The van der Waals surface area contributed by atoms with E-state index in [1.54, 1.807) is 6.92 Å². The number of hydrogen-bond donors (Lipinski definition) is 14. The normalized spacial score (nSPS) is 51.2. The number of hydrogen-bond acceptors (Lipinski definition) is 26. The van der Waals surface area contributed by atoms with Crippen molar-refractivity contribution in [1.82, 2.24) is 0 Å². The quantitative estimate of drug-likeness (QED) is 0.0371. The van der Waals surface area contributed by atoms with E-state index in [4.69, 9.17) is 47.4 Å². The molecule has 27 heteroatoms. The summed E-state index contributed by atoms with van der Waals surface area (Å²) in [5.74, 6) is -4.37. The van der Waals surface area contributed by atoms with Gasteiger partial charge in [0.2, 0.25) is 0 Å². The van der Waals surface area contributed by atoms with Crippen LogP contribution in [-0.4, -0.2) is 256 Å². The summed E-state index contributed by atoms with van der Waals surface area (Å²) < 4.78 is 60.6. The lowest BCUT2D eigenvalue weighted by Crippen LogP contribution is -2.76. The monoisotopic (exact) mass is 1250 g/mol. The fourth-order valence-corrected chi connectivity index (χ4v) is 17.5. The van der Waals surface area contributed by atoms with Crippen LogP contribution in [0.25, 0.3) is 0 Å². The van der Waals surface area contributed by atoms with E-state index < -0.39 is 223 Å². The molecule has 0 amide bonds. The molecule has 0 aromatic rings. The summed E-state index contributed by atoms with van der Waals surface area (Å²) in [5, 5.41) is 159.